The molecule has 4 aromatic rings. The van der Waals surface area contributed by atoms with Crippen LogP contribution in [-0.2, 0) is 0 Å². The first-order valence-electron chi connectivity index (χ1n) is 11.7. The van der Waals surface area contributed by atoms with Gasteiger partial charge >= 0.3 is 0 Å². The molecule has 0 saturated carbocycles. The van der Waals surface area contributed by atoms with Crippen molar-refractivity contribution in [2.75, 3.05) is 14.2 Å². The van der Waals surface area contributed by atoms with Gasteiger partial charge in [-0.3, -0.25) is 9.59 Å². The molecule has 8 nitrogen and oxygen atoms in total. The van der Waals surface area contributed by atoms with Crippen LogP contribution in [0, 0.1) is 0 Å². The quantitative estimate of drug-likeness (QED) is 0.254. The lowest BCUT2D eigenvalue weighted by Crippen LogP contribution is -2.28. The minimum Gasteiger partial charge on any atom is -0.497 e. The Morgan fingerprint density at radius 3 is 1.16 bits per heavy atom. The minimum atomic E-state index is -0.407. The molecule has 2 amide bonds. The number of carbonyl (C=O) groups is 2. The van der Waals surface area contributed by atoms with Crippen LogP contribution in [0.2, 0.25) is 0 Å². The fraction of sp³-hybridized carbons (Fsp3) is 0.0667. The molecular weight excluding hydrogens is 480 g/mol. The average Bonchev–Trinajstić information content (AvgIpc) is 2.99. The molecule has 0 spiro atoms. The zero-order chi connectivity index (χ0) is 26.7. The van der Waals surface area contributed by atoms with Crippen molar-refractivity contribution >= 4 is 23.2 Å². The van der Waals surface area contributed by atoms with Crippen LogP contribution in [-0.4, -0.2) is 37.5 Å². The van der Waals surface area contributed by atoms with E-state index < -0.39 is 11.8 Å². The summed E-state index contributed by atoms with van der Waals surface area (Å²) in [5.41, 5.74) is 8.19. The molecular formula is C30H26N4O4. The highest BCUT2D eigenvalue weighted by molar-refractivity contribution is 6.53. The number of ether oxygens (including phenoxy) is 2. The summed E-state index contributed by atoms with van der Waals surface area (Å²) in [5.74, 6) is 0.466. The second-order valence-corrected chi connectivity index (χ2v) is 7.99. The molecule has 190 valence electrons. The first-order valence-corrected chi connectivity index (χ1v) is 11.7. The summed E-state index contributed by atoms with van der Waals surface area (Å²) in [5, 5.41) is 8.90. The Hall–Kier alpha value is -5.24. The number of carbonyl (C=O) groups excluding carboxylic acids is 2. The van der Waals surface area contributed by atoms with E-state index in [0.717, 1.165) is 0 Å². The van der Waals surface area contributed by atoms with Crippen molar-refractivity contribution in [3.05, 3.63) is 131 Å². The fourth-order valence-corrected chi connectivity index (χ4v) is 3.53. The third-order valence-electron chi connectivity index (χ3n) is 5.56. The highest BCUT2D eigenvalue weighted by Crippen LogP contribution is 2.14. The molecule has 0 aromatic heterocycles. The number of nitrogens with zero attached hydrogens (tertiary/aromatic N) is 2. The lowest BCUT2D eigenvalue weighted by Gasteiger charge is -2.12. The van der Waals surface area contributed by atoms with Crippen LogP contribution >= 0.6 is 0 Å². The van der Waals surface area contributed by atoms with E-state index in [0.29, 0.717) is 45.2 Å². The van der Waals surface area contributed by atoms with Gasteiger partial charge in [-0.25, -0.2) is 10.9 Å². The second kappa shape index (κ2) is 12.6. The van der Waals surface area contributed by atoms with Gasteiger partial charge in [-0.2, -0.15) is 10.2 Å². The highest BCUT2D eigenvalue weighted by atomic mass is 16.5. The Kier molecular flexibility index (Phi) is 8.60. The van der Waals surface area contributed by atoms with Gasteiger partial charge in [0, 0.05) is 22.3 Å². The average molecular weight is 507 g/mol. The molecule has 8 heteroatoms. The maximum atomic E-state index is 12.9. The van der Waals surface area contributed by atoms with Crippen LogP contribution in [0.15, 0.2) is 119 Å². The maximum Gasteiger partial charge on any atom is 0.271 e. The normalized spacial score (nSPS) is 11.4. The van der Waals surface area contributed by atoms with Gasteiger partial charge in [-0.05, 0) is 48.5 Å². The lowest BCUT2D eigenvalue weighted by atomic mass is 10.00. The van der Waals surface area contributed by atoms with Gasteiger partial charge in [-0.15, -0.1) is 0 Å². The molecule has 0 unspecified atom stereocenters. The van der Waals surface area contributed by atoms with Gasteiger partial charge in [0.1, 0.15) is 22.9 Å². The molecule has 0 radical (unpaired) electrons. The van der Waals surface area contributed by atoms with Gasteiger partial charge in [0.05, 0.1) is 14.2 Å². The maximum absolute atomic E-state index is 12.9. The van der Waals surface area contributed by atoms with Crippen LogP contribution in [0.5, 0.6) is 11.5 Å². The van der Waals surface area contributed by atoms with Gasteiger partial charge in [0.25, 0.3) is 11.8 Å². The predicted molar refractivity (Wildman–Crippen MR) is 147 cm³/mol. The topological polar surface area (TPSA) is 101 Å². The van der Waals surface area contributed by atoms with Gasteiger partial charge in [-0.1, -0.05) is 60.7 Å². The number of nitrogens with one attached hydrogen (secondary N) is 2. The highest BCUT2D eigenvalue weighted by Gasteiger charge is 2.17. The van der Waals surface area contributed by atoms with E-state index in [1.807, 2.05) is 60.7 Å². The zero-order valence-electron chi connectivity index (χ0n) is 20.9. The van der Waals surface area contributed by atoms with E-state index in [1.165, 1.54) is 0 Å². The predicted octanol–water partition coefficient (Wildman–Crippen LogP) is 4.67. The molecule has 4 rings (SSSR count). The van der Waals surface area contributed by atoms with E-state index in [2.05, 4.69) is 21.1 Å². The molecule has 2 N–H and O–H groups in total. The van der Waals surface area contributed by atoms with Crippen molar-refractivity contribution in [2.45, 2.75) is 0 Å². The van der Waals surface area contributed by atoms with Crippen molar-refractivity contribution in [1.29, 1.82) is 0 Å². The Morgan fingerprint density at radius 1 is 0.500 bits per heavy atom. The smallest absolute Gasteiger partial charge is 0.271 e. The number of hydrogen-bond acceptors (Lipinski definition) is 6. The first kappa shape index (κ1) is 25.8. The molecule has 38 heavy (non-hydrogen) atoms. The monoisotopic (exact) mass is 506 g/mol. The van der Waals surface area contributed by atoms with Crippen molar-refractivity contribution in [3.63, 3.8) is 0 Å². The Labute approximate surface area is 220 Å². The summed E-state index contributed by atoms with van der Waals surface area (Å²) in [7, 11) is 3.12. The summed E-state index contributed by atoms with van der Waals surface area (Å²) in [6.45, 7) is 0. The van der Waals surface area contributed by atoms with Crippen LogP contribution < -0.4 is 20.3 Å². The minimum absolute atomic E-state index is 0.369. The van der Waals surface area contributed by atoms with Gasteiger partial charge in [0.2, 0.25) is 0 Å². The molecule has 0 aliphatic carbocycles. The third-order valence-corrected chi connectivity index (χ3v) is 5.56. The lowest BCUT2D eigenvalue weighted by molar-refractivity contribution is 0.0946. The van der Waals surface area contributed by atoms with E-state index >= 15 is 0 Å². The molecule has 0 heterocycles. The Morgan fingerprint density at radius 2 is 0.842 bits per heavy atom. The summed E-state index contributed by atoms with van der Waals surface area (Å²) in [4.78, 5) is 25.7. The van der Waals surface area contributed by atoms with E-state index in [9.17, 15) is 9.59 Å². The SMILES string of the molecule is COc1ccc(C(=O)N/N=C(\C(=N\NC(=O)c2ccc(OC)cc2)c2ccccc2)c2ccccc2)cc1. The van der Waals surface area contributed by atoms with Crippen molar-refractivity contribution in [1.82, 2.24) is 10.9 Å². The molecule has 0 saturated heterocycles. The Balaban J connectivity index is 1.70. The Bertz CT molecular complexity index is 1320. The van der Waals surface area contributed by atoms with Crippen LogP contribution in [0.4, 0.5) is 0 Å². The molecule has 0 atom stereocenters. The van der Waals surface area contributed by atoms with Crippen molar-refractivity contribution < 1.29 is 19.1 Å². The summed E-state index contributed by atoms with van der Waals surface area (Å²) in [6.07, 6.45) is 0. The van der Waals surface area contributed by atoms with Crippen LogP contribution in [0.25, 0.3) is 0 Å². The summed E-state index contributed by atoms with van der Waals surface area (Å²) >= 11 is 0. The van der Waals surface area contributed by atoms with E-state index in [4.69, 9.17) is 9.47 Å². The molecule has 0 fully saturated rings. The number of amides is 2. The number of methoxy groups -OCH3 is 2. The van der Waals surface area contributed by atoms with Crippen LogP contribution in [0.3, 0.4) is 0 Å². The first-order chi connectivity index (χ1) is 18.6. The van der Waals surface area contributed by atoms with Crippen LogP contribution in [0.1, 0.15) is 31.8 Å². The summed E-state index contributed by atoms with van der Waals surface area (Å²) in [6, 6.07) is 31.9. The second-order valence-electron chi connectivity index (χ2n) is 7.99. The van der Waals surface area contributed by atoms with Crippen molar-refractivity contribution in [3.8, 4) is 11.5 Å². The molecule has 4 aromatic carbocycles. The fourth-order valence-electron chi connectivity index (χ4n) is 3.53. The van der Waals surface area contributed by atoms with E-state index in [-0.39, 0.29) is 0 Å². The molecule has 0 aliphatic heterocycles. The standard InChI is InChI=1S/C30H26N4O4/c1-37-25-17-13-23(14-18-25)29(35)33-31-27(21-9-5-3-6-10-21)28(22-11-7-4-8-12-22)32-34-30(36)24-15-19-26(38-2)20-16-24/h3-20H,1-2H3,(H,33,35)(H,34,36)/b31-27-,32-28+. The number of hydrazone groups is 2. The molecule has 0 bridgehead atoms. The number of rotatable bonds is 9. The summed E-state index contributed by atoms with van der Waals surface area (Å²) < 4.78 is 10.3. The number of benzene rings is 4. The van der Waals surface area contributed by atoms with E-state index in [1.54, 1.807) is 62.8 Å². The number of hydrogen-bond donors (Lipinski definition) is 2. The van der Waals surface area contributed by atoms with Crippen molar-refractivity contribution in [2.24, 2.45) is 10.2 Å². The van der Waals surface area contributed by atoms with Gasteiger partial charge in [0.15, 0.2) is 0 Å². The molecule has 0 aliphatic rings. The zero-order valence-corrected chi connectivity index (χ0v) is 20.9. The third kappa shape index (κ3) is 6.50. The van der Waals surface area contributed by atoms with Gasteiger partial charge < -0.3 is 9.47 Å². The largest absolute Gasteiger partial charge is 0.497 e.